The summed E-state index contributed by atoms with van der Waals surface area (Å²) in [6, 6.07) is 7.30. The van der Waals surface area contributed by atoms with Crippen LogP contribution in [0.4, 0.5) is 10.1 Å². The van der Waals surface area contributed by atoms with Crippen molar-refractivity contribution in [1.29, 1.82) is 0 Å². The number of nitrogens with one attached hydrogen (secondary N) is 1. The lowest BCUT2D eigenvalue weighted by Gasteiger charge is -2.32. The molecule has 0 aliphatic carbocycles. The van der Waals surface area contributed by atoms with E-state index in [4.69, 9.17) is 34.8 Å². The third kappa shape index (κ3) is 7.96. The second-order valence-corrected chi connectivity index (χ2v) is 11.5. The van der Waals surface area contributed by atoms with Crippen LogP contribution in [0.25, 0.3) is 0 Å². The third-order valence-electron chi connectivity index (χ3n) is 5.09. The molecular formula is C23H27Cl3FN3O4S. The Labute approximate surface area is 220 Å². The number of benzene rings is 2. The molecule has 0 saturated carbocycles. The Bertz CT molecular complexity index is 1190. The Morgan fingerprint density at radius 3 is 2.20 bits per heavy atom. The SMILES string of the molecule is CC(C)CNC(=O)C(C)N(Cc1ccccc1F)C(=O)CN(c1cc(Cl)c(Cl)cc1Cl)S(C)(=O)=O. The summed E-state index contributed by atoms with van der Waals surface area (Å²) in [5.41, 5.74) is 0.113. The van der Waals surface area contributed by atoms with Crippen LogP contribution in [-0.4, -0.2) is 50.5 Å². The molecule has 2 aromatic carbocycles. The minimum absolute atomic E-state index is 0.0387. The zero-order chi connectivity index (χ0) is 26.5. The number of anilines is 1. The van der Waals surface area contributed by atoms with Gasteiger partial charge in [0.25, 0.3) is 0 Å². The van der Waals surface area contributed by atoms with Gasteiger partial charge < -0.3 is 10.2 Å². The molecule has 0 bridgehead atoms. The van der Waals surface area contributed by atoms with E-state index >= 15 is 0 Å². The van der Waals surface area contributed by atoms with Gasteiger partial charge in [-0.3, -0.25) is 13.9 Å². The zero-order valence-corrected chi connectivity index (χ0v) is 22.8. The van der Waals surface area contributed by atoms with E-state index in [-0.39, 0.29) is 38.8 Å². The summed E-state index contributed by atoms with van der Waals surface area (Å²) in [6.45, 7) is 4.74. The number of carbonyl (C=O) groups is 2. The van der Waals surface area contributed by atoms with Crippen molar-refractivity contribution in [2.45, 2.75) is 33.4 Å². The van der Waals surface area contributed by atoms with Crippen molar-refractivity contribution < 1.29 is 22.4 Å². The van der Waals surface area contributed by atoms with Crippen LogP contribution in [0, 0.1) is 11.7 Å². The Morgan fingerprint density at radius 2 is 1.63 bits per heavy atom. The van der Waals surface area contributed by atoms with Crippen molar-refractivity contribution in [3.63, 3.8) is 0 Å². The summed E-state index contributed by atoms with van der Waals surface area (Å²) >= 11 is 18.2. The first kappa shape index (κ1) is 29.2. The van der Waals surface area contributed by atoms with Crippen molar-refractivity contribution in [1.82, 2.24) is 10.2 Å². The van der Waals surface area contributed by atoms with E-state index in [1.165, 1.54) is 37.3 Å². The molecular weight excluding hydrogens is 540 g/mol. The van der Waals surface area contributed by atoms with E-state index in [1.54, 1.807) is 6.07 Å². The molecule has 0 radical (unpaired) electrons. The van der Waals surface area contributed by atoms with E-state index in [2.05, 4.69) is 5.32 Å². The van der Waals surface area contributed by atoms with Crippen LogP contribution in [0.2, 0.25) is 15.1 Å². The third-order valence-corrected chi connectivity index (χ3v) is 7.24. The van der Waals surface area contributed by atoms with Crippen molar-refractivity contribution in [2.75, 3.05) is 23.7 Å². The Morgan fingerprint density at radius 1 is 1.03 bits per heavy atom. The fourth-order valence-corrected chi connectivity index (χ4v) is 4.69. The lowest BCUT2D eigenvalue weighted by atomic mass is 10.1. The molecule has 0 saturated heterocycles. The maximum atomic E-state index is 14.4. The average molecular weight is 567 g/mol. The van der Waals surface area contributed by atoms with E-state index < -0.39 is 40.2 Å². The number of carbonyl (C=O) groups excluding carboxylic acids is 2. The monoisotopic (exact) mass is 565 g/mol. The molecule has 0 spiro atoms. The number of sulfonamides is 1. The highest BCUT2D eigenvalue weighted by atomic mass is 35.5. The summed E-state index contributed by atoms with van der Waals surface area (Å²) in [7, 11) is -4.02. The van der Waals surface area contributed by atoms with Crippen LogP contribution < -0.4 is 9.62 Å². The quantitative estimate of drug-likeness (QED) is 0.421. The highest BCUT2D eigenvalue weighted by Crippen LogP contribution is 2.35. The summed E-state index contributed by atoms with van der Waals surface area (Å²) in [5.74, 6) is -1.60. The lowest BCUT2D eigenvalue weighted by molar-refractivity contribution is -0.139. The molecule has 2 amide bonds. The zero-order valence-electron chi connectivity index (χ0n) is 19.7. The van der Waals surface area contributed by atoms with Crippen LogP contribution in [0.3, 0.4) is 0 Å². The first-order valence-electron chi connectivity index (χ1n) is 10.6. The van der Waals surface area contributed by atoms with Crippen molar-refractivity contribution >= 4 is 62.3 Å². The highest BCUT2D eigenvalue weighted by Gasteiger charge is 2.31. The lowest BCUT2D eigenvalue weighted by Crippen LogP contribution is -2.51. The Balaban J connectivity index is 2.45. The molecule has 192 valence electrons. The predicted octanol–water partition coefficient (Wildman–Crippen LogP) is 4.74. The molecule has 0 heterocycles. The van der Waals surface area contributed by atoms with Gasteiger partial charge in [0.1, 0.15) is 18.4 Å². The fourth-order valence-electron chi connectivity index (χ4n) is 3.14. The molecule has 1 atom stereocenters. The minimum atomic E-state index is -4.02. The Hall–Kier alpha value is -2.07. The van der Waals surface area contributed by atoms with Crippen molar-refractivity contribution in [3.05, 3.63) is 62.8 Å². The standard InChI is InChI=1S/C23H27Cl3FN3O4S/c1-14(2)11-28-23(32)15(3)29(12-16-7-5-6-8-20(16)27)22(31)13-30(35(4,33)34)21-10-18(25)17(24)9-19(21)26/h5-10,14-15H,11-13H2,1-4H3,(H,28,32). The number of hydrogen-bond acceptors (Lipinski definition) is 4. The second-order valence-electron chi connectivity index (χ2n) is 8.42. The second kappa shape index (κ2) is 12.3. The van der Waals surface area contributed by atoms with Gasteiger partial charge in [-0.2, -0.15) is 0 Å². The molecule has 12 heteroatoms. The summed E-state index contributed by atoms with van der Waals surface area (Å²) < 4.78 is 40.4. The van der Waals surface area contributed by atoms with Gasteiger partial charge in [0.15, 0.2) is 0 Å². The van der Waals surface area contributed by atoms with Gasteiger partial charge in [-0.05, 0) is 31.0 Å². The van der Waals surface area contributed by atoms with Crippen LogP contribution in [0.15, 0.2) is 36.4 Å². The molecule has 0 aliphatic rings. The van der Waals surface area contributed by atoms with Gasteiger partial charge >= 0.3 is 0 Å². The van der Waals surface area contributed by atoms with Gasteiger partial charge in [-0.25, -0.2) is 12.8 Å². The fraction of sp³-hybridized carbons (Fsp3) is 0.391. The molecule has 1 N–H and O–H groups in total. The predicted molar refractivity (Wildman–Crippen MR) is 138 cm³/mol. The number of halogens is 4. The molecule has 35 heavy (non-hydrogen) atoms. The summed E-state index contributed by atoms with van der Waals surface area (Å²) in [6.07, 6.45) is 0.902. The van der Waals surface area contributed by atoms with E-state index in [0.29, 0.717) is 6.54 Å². The Kier molecular flexibility index (Phi) is 10.2. The van der Waals surface area contributed by atoms with Crippen molar-refractivity contribution in [2.24, 2.45) is 5.92 Å². The van der Waals surface area contributed by atoms with Gasteiger partial charge in [-0.1, -0.05) is 66.8 Å². The summed E-state index contributed by atoms with van der Waals surface area (Å²) in [5, 5.41) is 2.85. The minimum Gasteiger partial charge on any atom is -0.354 e. The normalized spacial score (nSPS) is 12.4. The molecule has 2 rings (SSSR count). The molecule has 7 nitrogen and oxygen atoms in total. The molecule has 0 aliphatic heterocycles. The van der Waals surface area contributed by atoms with Crippen LogP contribution in [-0.2, 0) is 26.2 Å². The molecule has 0 aromatic heterocycles. The van der Waals surface area contributed by atoms with Gasteiger partial charge in [0.05, 0.1) is 27.0 Å². The van der Waals surface area contributed by atoms with Crippen LogP contribution >= 0.6 is 34.8 Å². The molecule has 1 unspecified atom stereocenters. The van der Waals surface area contributed by atoms with E-state index in [1.807, 2.05) is 13.8 Å². The van der Waals surface area contributed by atoms with Gasteiger partial charge in [0, 0.05) is 18.7 Å². The van der Waals surface area contributed by atoms with E-state index in [0.717, 1.165) is 15.5 Å². The highest BCUT2D eigenvalue weighted by molar-refractivity contribution is 7.92. The first-order chi connectivity index (χ1) is 16.2. The van der Waals surface area contributed by atoms with Crippen LogP contribution in [0.5, 0.6) is 0 Å². The van der Waals surface area contributed by atoms with Gasteiger partial charge in [-0.15, -0.1) is 0 Å². The number of hydrogen-bond donors (Lipinski definition) is 1. The molecule has 0 fully saturated rings. The smallest absolute Gasteiger partial charge is 0.244 e. The average Bonchev–Trinajstić information content (AvgIpc) is 2.76. The van der Waals surface area contributed by atoms with Gasteiger partial charge in [0.2, 0.25) is 21.8 Å². The number of nitrogens with zero attached hydrogens (tertiary/aromatic N) is 2. The van der Waals surface area contributed by atoms with Crippen LogP contribution in [0.1, 0.15) is 26.3 Å². The largest absolute Gasteiger partial charge is 0.354 e. The topological polar surface area (TPSA) is 86.8 Å². The maximum absolute atomic E-state index is 14.4. The van der Waals surface area contributed by atoms with Crippen molar-refractivity contribution in [3.8, 4) is 0 Å². The first-order valence-corrected chi connectivity index (χ1v) is 13.6. The molecule has 2 aromatic rings. The van der Waals surface area contributed by atoms with E-state index in [9.17, 15) is 22.4 Å². The maximum Gasteiger partial charge on any atom is 0.244 e. The number of amides is 2. The number of rotatable bonds is 10. The summed E-state index contributed by atoms with van der Waals surface area (Å²) in [4.78, 5) is 27.3.